The third-order valence-corrected chi connectivity index (χ3v) is 13.8. The Morgan fingerprint density at radius 3 is 1.20 bits per heavy atom. The van der Waals surface area contributed by atoms with Crippen LogP contribution in [-0.4, -0.2) is 19.1 Å². The van der Waals surface area contributed by atoms with Crippen LogP contribution in [-0.2, 0) is 5.41 Å². The number of fused-ring (bicyclic) bond motifs is 9. The van der Waals surface area contributed by atoms with Crippen molar-refractivity contribution in [1.82, 2.24) is 19.1 Å². The van der Waals surface area contributed by atoms with Crippen molar-refractivity contribution in [2.24, 2.45) is 0 Å². The van der Waals surface area contributed by atoms with Crippen LogP contribution in [0, 0.1) is 0 Å². The van der Waals surface area contributed by atoms with Gasteiger partial charge < -0.3 is 9.13 Å². The molecule has 0 aliphatic heterocycles. The zero-order chi connectivity index (χ0) is 43.2. The Bertz CT molecular complexity index is 3550. The smallest absolute Gasteiger partial charge is 0.160 e. The molecule has 0 N–H and O–H groups in total. The normalized spacial score (nSPS) is 12.9. The number of hydrogen-bond acceptors (Lipinski definition) is 2. The number of hydrogen-bond donors (Lipinski definition) is 0. The molecule has 0 saturated heterocycles. The van der Waals surface area contributed by atoms with Gasteiger partial charge in [-0.2, -0.15) is 0 Å². The first-order valence-electron chi connectivity index (χ1n) is 22.4. The molecule has 1 aliphatic rings. The van der Waals surface area contributed by atoms with Crippen LogP contribution in [0.25, 0.3) is 111 Å². The van der Waals surface area contributed by atoms with E-state index >= 15 is 0 Å². The molecule has 0 unspecified atom stereocenters. The molecule has 0 bridgehead atoms. The molecule has 4 heteroatoms. The highest BCUT2D eigenvalue weighted by atomic mass is 15.0. The average molecular weight is 831 g/mol. The largest absolute Gasteiger partial charge is 0.309 e. The highest BCUT2D eigenvalue weighted by molar-refractivity contribution is 6.10. The minimum absolute atomic E-state index is 0.0597. The molecule has 3 heterocycles. The standard InChI is InChI=1S/C61H42N4/c1-61(2)52-18-8-3-13-46(52)47-36-31-43(37-53(47)61)39-23-25-42(26-24-39)60-62-54(40-27-32-44(33-28-40)64-56-19-9-4-14-48(56)49-15-5-10-20-57(49)64)38-55(63-60)41-29-34-45(35-30-41)65-58-21-11-6-16-50(58)51-17-7-12-22-59(51)65/h3-38H,1-2H3. The number of nitrogens with zero attached hydrogens (tertiary/aromatic N) is 4. The topological polar surface area (TPSA) is 35.6 Å². The molecule has 0 spiro atoms. The lowest BCUT2D eigenvalue weighted by atomic mass is 9.81. The molecule has 0 saturated carbocycles. The number of aromatic nitrogens is 4. The van der Waals surface area contributed by atoms with E-state index in [4.69, 9.17) is 9.97 Å². The fourth-order valence-electron chi connectivity index (χ4n) is 10.5. The van der Waals surface area contributed by atoms with Gasteiger partial charge in [-0.1, -0.05) is 172 Å². The molecule has 4 nitrogen and oxygen atoms in total. The highest BCUT2D eigenvalue weighted by Gasteiger charge is 2.35. The Hall–Kier alpha value is -8.34. The Labute approximate surface area is 377 Å². The molecule has 0 amide bonds. The minimum Gasteiger partial charge on any atom is -0.309 e. The van der Waals surface area contributed by atoms with E-state index < -0.39 is 0 Å². The maximum atomic E-state index is 5.29. The maximum Gasteiger partial charge on any atom is 0.160 e. The minimum atomic E-state index is -0.0597. The summed E-state index contributed by atoms with van der Waals surface area (Å²) < 4.78 is 4.71. The monoisotopic (exact) mass is 830 g/mol. The first-order valence-corrected chi connectivity index (χ1v) is 22.4. The van der Waals surface area contributed by atoms with E-state index in [9.17, 15) is 0 Å². The van der Waals surface area contributed by atoms with E-state index in [2.05, 4.69) is 241 Å². The van der Waals surface area contributed by atoms with Crippen LogP contribution in [0.5, 0.6) is 0 Å². The van der Waals surface area contributed by atoms with E-state index in [1.807, 2.05) is 0 Å². The molecule has 9 aromatic carbocycles. The molecule has 0 atom stereocenters. The Balaban J connectivity index is 0.903. The van der Waals surface area contributed by atoms with Crippen LogP contribution < -0.4 is 0 Å². The van der Waals surface area contributed by atoms with E-state index in [1.54, 1.807) is 0 Å². The molecule has 1 aliphatic carbocycles. The third kappa shape index (κ3) is 5.84. The molecule has 0 radical (unpaired) electrons. The van der Waals surface area contributed by atoms with Crippen molar-refractivity contribution in [2.75, 3.05) is 0 Å². The first-order chi connectivity index (χ1) is 32.0. The van der Waals surface area contributed by atoms with Gasteiger partial charge in [0.15, 0.2) is 5.82 Å². The van der Waals surface area contributed by atoms with Crippen LogP contribution >= 0.6 is 0 Å². The van der Waals surface area contributed by atoms with E-state index in [0.717, 1.165) is 39.5 Å². The lowest BCUT2D eigenvalue weighted by Crippen LogP contribution is -2.14. The molecule has 13 rings (SSSR count). The third-order valence-electron chi connectivity index (χ3n) is 13.8. The summed E-state index contributed by atoms with van der Waals surface area (Å²) in [6.45, 7) is 4.67. The van der Waals surface area contributed by atoms with Gasteiger partial charge in [-0.05, 0) is 94.0 Å². The van der Waals surface area contributed by atoms with E-state index in [1.165, 1.54) is 77.0 Å². The Kier molecular flexibility index (Phi) is 8.22. The molecule has 65 heavy (non-hydrogen) atoms. The molecular formula is C61H42N4. The quantitative estimate of drug-likeness (QED) is 0.167. The van der Waals surface area contributed by atoms with Gasteiger partial charge >= 0.3 is 0 Å². The zero-order valence-corrected chi connectivity index (χ0v) is 36.1. The first kappa shape index (κ1) is 37.2. The van der Waals surface area contributed by atoms with Crippen molar-refractivity contribution in [3.63, 3.8) is 0 Å². The fraction of sp³-hybridized carbons (Fsp3) is 0.0492. The van der Waals surface area contributed by atoms with Gasteiger partial charge in [0.05, 0.1) is 33.5 Å². The second-order valence-electron chi connectivity index (χ2n) is 17.8. The van der Waals surface area contributed by atoms with Gasteiger partial charge in [0.25, 0.3) is 0 Å². The van der Waals surface area contributed by atoms with Crippen molar-refractivity contribution in [3.8, 4) is 67.5 Å². The van der Waals surface area contributed by atoms with Gasteiger partial charge in [-0.25, -0.2) is 9.97 Å². The second kappa shape index (κ2) is 14.3. The van der Waals surface area contributed by atoms with Crippen LogP contribution in [0.15, 0.2) is 218 Å². The van der Waals surface area contributed by atoms with Gasteiger partial charge in [-0.15, -0.1) is 0 Å². The summed E-state index contributed by atoms with van der Waals surface area (Å²) >= 11 is 0. The second-order valence-corrected chi connectivity index (χ2v) is 17.8. The summed E-state index contributed by atoms with van der Waals surface area (Å²) in [5.74, 6) is 0.688. The van der Waals surface area contributed by atoms with Crippen molar-refractivity contribution >= 4 is 43.6 Å². The van der Waals surface area contributed by atoms with E-state index in [-0.39, 0.29) is 5.41 Å². The van der Waals surface area contributed by atoms with Crippen LogP contribution in [0.2, 0.25) is 0 Å². The maximum absolute atomic E-state index is 5.29. The van der Waals surface area contributed by atoms with Gasteiger partial charge in [0.1, 0.15) is 0 Å². The summed E-state index contributed by atoms with van der Waals surface area (Å²) in [4.78, 5) is 10.6. The molecule has 306 valence electrons. The molecular weight excluding hydrogens is 789 g/mol. The van der Waals surface area contributed by atoms with Gasteiger partial charge in [0, 0.05) is 55.0 Å². The SMILES string of the molecule is CC1(C)c2ccccc2-c2ccc(-c3ccc(-c4nc(-c5ccc(-n6c7ccccc7c7ccccc76)cc5)cc(-c5ccc(-n6c7ccccc7c7ccccc76)cc5)n4)cc3)cc21. The molecule has 12 aromatic rings. The summed E-state index contributed by atoms with van der Waals surface area (Å²) in [6, 6.07) is 78.8. The number of para-hydroxylation sites is 4. The Morgan fingerprint density at radius 2 is 0.708 bits per heavy atom. The average Bonchev–Trinajstić information content (AvgIpc) is 3.97. The predicted octanol–water partition coefficient (Wildman–Crippen LogP) is 15.6. The van der Waals surface area contributed by atoms with Crippen LogP contribution in [0.1, 0.15) is 25.0 Å². The summed E-state index contributed by atoms with van der Waals surface area (Å²) in [7, 11) is 0. The summed E-state index contributed by atoms with van der Waals surface area (Å²) in [5.41, 5.74) is 19.5. The predicted molar refractivity (Wildman–Crippen MR) is 270 cm³/mol. The van der Waals surface area contributed by atoms with Crippen LogP contribution in [0.3, 0.4) is 0 Å². The molecule has 3 aromatic heterocycles. The van der Waals surface area contributed by atoms with Crippen molar-refractivity contribution in [1.29, 1.82) is 0 Å². The van der Waals surface area contributed by atoms with Crippen molar-refractivity contribution in [3.05, 3.63) is 230 Å². The van der Waals surface area contributed by atoms with Crippen LogP contribution in [0.4, 0.5) is 0 Å². The Morgan fingerprint density at radius 1 is 0.323 bits per heavy atom. The number of rotatable bonds is 6. The fourth-order valence-corrected chi connectivity index (χ4v) is 10.5. The summed E-state index contributed by atoms with van der Waals surface area (Å²) in [6.07, 6.45) is 0. The highest BCUT2D eigenvalue weighted by Crippen LogP contribution is 2.49. The number of benzene rings is 9. The van der Waals surface area contributed by atoms with E-state index in [0.29, 0.717) is 5.82 Å². The lowest BCUT2D eigenvalue weighted by molar-refractivity contribution is 0.660. The lowest BCUT2D eigenvalue weighted by Gasteiger charge is -2.22. The van der Waals surface area contributed by atoms with Gasteiger partial charge in [-0.3, -0.25) is 0 Å². The van der Waals surface area contributed by atoms with Crippen molar-refractivity contribution in [2.45, 2.75) is 19.3 Å². The summed E-state index contributed by atoms with van der Waals surface area (Å²) in [5, 5.41) is 4.99. The van der Waals surface area contributed by atoms with Gasteiger partial charge in [0.2, 0.25) is 0 Å². The van der Waals surface area contributed by atoms with Crippen molar-refractivity contribution < 1.29 is 0 Å². The zero-order valence-electron chi connectivity index (χ0n) is 36.1. The molecule has 0 fully saturated rings.